The van der Waals surface area contributed by atoms with Crippen LogP contribution in [0.3, 0.4) is 0 Å². The highest BCUT2D eigenvalue weighted by Crippen LogP contribution is 2.26. The molecule has 3 aromatic rings. The van der Waals surface area contributed by atoms with Gasteiger partial charge in [0.05, 0.1) is 10.7 Å². The fourth-order valence-electron chi connectivity index (χ4n) is 4.60. The molecule has 1 aliphatic heterocycles. The van der Waals surface area contributed by atoms with Crippen molar-refractivity contribution >= 4 is 45.0 Å². The van der Waals surface area contributed by atoms with Gasteiger partial charge in [-0.1, -0.05) is 36.4 Å². The molecule has 2 atom stereocenters. The largest absolute Gasteiger partial charge is 0.480 e. The summed E-state index contributed by atoms with van der Waals surface area (Å²) in [5.41, 5.74) is 2.09. The predicted molar refractivity (Wildman–Crippen MR) is 154 cm³/mol. The van der Waals surface area contributed by atoms with Gasteiger partial charge in [-0.3, -0.25) is 15.0 Å². The Labute approximate surface area is 238 Å². The Kier molecular flexibility index (Phi) is 9.15. The summed E-state index contributed by atoms with van der Waals surface area (Å²) in [5.74, 6) is -2.02. The van der Waals surface area contributed by atoms with Crippen LogP contribution in [0.5, 0.6) is 0 Å². The summed E-state index contributed by atoms with van der Waals surface area (Å²) in [4.78, 5) is 37.8. The number of anilines is 2. The summed E-state index contributed by atoms with van der Waals surface area (Å²) < 4.78 is 27.3. The topological polar surface area (TPSA) is 169 Å². The van der Waals surface area contributed by atoms with Crippen LogP contribution in [0.25, 0.3) is 0 Å². The lowest BCUT2D eigenvalue weighted by Crippen LogP contribution is -2.51. The Morgan fingerprint density at radius 2 is 1.68 bits per heavy atom. The maximum atomic E-state index is 13.1. The first kappa shape index (κ1) is 29.4. The molecule has 1 fully saturated rings. The van der Waals surface area contributed by atoms with E-state index in [4.69, 9.17) is 5.41 Å². The number of hydrogen-bond donors (Lipinski definition) is 5. The molecule has 3 aromatic carbocycles. The molecule has 41 heavy (non-hydrogen) atoms. The molecule has 0 radical (unpaired) electrons. The first-order valence-corrected chi connectivity index (χ1v) is 14.4. The van der Waals surface area contributed by atoms with Crippen molar-refractivity contribution in [1.82, 2.24) is 9.62 Å². The number of carbonyl (C=O) groups is 3. The van der Waals surface area contributed by atoms with E-state index in [9.17, 15) is 27.9 Å². The van der Waals surface area contributed by atoms with E-state index in [0.717, 1.165) is 4.31 Å². The minimum atomic E-state index is -3.91. The summed E-state index contributed by atoms with van der Waals surface area (Å²) in [6.07, 6.45) is 0.737. The number of carboxylic acid groups (broad SMARTS) is 1. The Morgan fingerprint density at radius 3 is 2.34 bits per heavy atom. The van der Waals surface area contributed by atoms with E-state index in [0.29, 0.717) is 35.3 Å². The third-order valence-corrected chi connectivity index (χ3v) is 8.50. The number of nitrogens with zero attached hydrogens (tertiary/aromatic N) is 1. The number of sulfonamides is 1. The Morgan fingerprint density at radius 1 is 0.976 bits per heavy atom. The minimum Gasteiger partial charge on any atom is -0.480 e. The molecular weight excluding hydrogens is 546 g/mol. The minimum absolute atomic E-state index is 0.0376. The van der Waals surface area contributed by atoms with Gasteiger partial charge in [0.1, 0.15) is 12.1 Å². The average Bonchev–Trinajstić information content (AvgIpc) is 3.45. The highest BCUT2D eigenvalue weighted by Gasteiger charge is 2.40. The summed E-state index contributed by atoms with van der Waals surface area (Å²) in [6.45, 7) is 1.76. The number of aliphatic carboxylic acids is 1. The first-order valence-electron chi connectivity index (χ1n) is 13.0. The predicted octanol–water partition coefficient (Wildman–Crippen LogP) is 3.31. The van der Waals surface area contributed by atoms with Gasteiger partial charge in [-0.15, -0.1) is 0 Å². The van der Waals surface area contributed by atoms with E-state index in [1.807, 2.05) is 0 Å². The molecule has 0 aromatic heterocycles. The quantitative estimate of drug-likeness (QED) is 0.182. The molecular formula is C29H31N5O6S. The number of hydrogen-bond acceptors (Lipinski definition) is 6. The van der Waals surface area contributed by atoms with E-state index < -0.39 is 34.0 Å². The third-order valence-electron chi connectivity index (χ3n) is 6.58. The third kappa shape index (κ3) is 7.35. The number of amidine groups is 1. The van der Waals surface area contributed by atoms with Crippen LogP contribution < -0.4 is 16.0 Å². The van der Waals surface area contributed by atoms with Crippen molar-refractivity contribution in [2.24, 2.45) is 0 Å². The molecule has 0 bridgehead atoms. The Hall–Kier alpha value is -4.55. The smallest absolute Gasteiger partial charge is 0.326 e. The Balaban J connectivity index is 1.39. The van der Waals surface area contributed by atoms with Crippen molar-refractivity contribution in [3.05, 3.63) is 90.0 Å². The summed E-state index contributed by atoms with van der Waals surface area (Å²) in [5, 5.41) is 25.4. The Bertz CT molecular complexity index is 1540. The van der Waals surface area contributed by atoms with Gasteiger partial charge in [0.2, 0.25) is 15.9 Å². The lowest BCUT2D eigenvalue weighted by Gasteiger charge is -2.25. The van der Waals surface area contributed by atoms with Gasteiger partial charge in [0, 0.05) is 29.9 Å². The molecule has 1 saturated heterocycles. The molecule has 11 nitrogen and oxygen atoms in total. The van der Waals surface area contributed by atoms with Gasteiger partial charge in [0.25, 0.3) is 5.91 Å². The van der Waals surface area contributed by atoms with Crippen molar-refractivity contribution in [3.63, 3.8) is 0 Å². The summed E-state index contributed by atoms with van der Waals surface area (Å²) >= 11 is 0. The van der Waals surface area contributed by atoms with E-state index in [2.05, 4.69) is 16.0 Å². The number of carboxylic acids is 1. The van der Waals surface area contributed by atoms with E-state index in [1.54, 1.807) is 73.7 Å². The molecule has 1 aliphatic rings. The normalized spacial score (nSPS) is 16.0. The fourth-order valence-corrected chi connectivity index (χ4v) is 6.28. The highest BCUT2D eigenvalue weighted by molar-refractivity contribution is 7.89. The van der Waals surface area contributed by atoms with Crippen LogP contribution >= 0.6 is 0 Å². The molecule has 0 spiro atoms. The highest BCUT2D eigenvalue weighted by atomic mass is 32.2. The number of nitrogens with one attached hydrogen (secondary N) is 4. The second-order valence-corrected chi connectivity index (χ2v) is 11.6. The molecule has 4 rings (SSSR count). The van der Waals surface area contributed by atoms with Crippen LogP contribution in [0.1, 0.15) is 35.7 Å². The zero-order chi connectivity index (χ0) is 29.6. The molecule has 5 N–H and O–H groups in total. The molecule has 2 amide bonds. The lowest BCUT2D eigenvalue weighted by atomic mass is 10.0. The number of amides is 2. The SMILES string of the molecule is CC(=N)Nc1cccc(C(=O)Nc2ccc(CC(NC(=O)C3CCCN3S(=O)(=O)c3ccccc3)C(=O)O)cc2)c1. The fraction of sp³-hybridized carbons (Fsp3) is 0.241. The van der Waals surface area contributed by atoms with Crippen LogP contribution in [-0.4, -0.2) is 60.1 Å². The van der Waals surface area contributed by atoms with E-state index in [1.165, 1.54) is 12.1 Å². The van der Waals surface area contributed by atoms with Crippen LogP contribution in [0.15, 0.2) is 83.8 Å². The van der Waals surface area contributed by atoms with E-state index in [-0.39, 0.29) is 29.6 Å². The van der Waals surface area contributed by atoms with Crippen molar-refractivity contribution < 1.29 is 27.9 Å². The van der Waals surface area contributed by atoms with Gasteiger partial charge in [-0.2, -0.15) is 4.31 Å². The summed E-state index contributed by atoms with van der Waals surface area (Å²) in [7, 11) is -3.91. The zero-order valence-corrected chi connectivity index (χ0v) is 23.1. The van der Waals surface area contributed by atoms with Crippen LogP contribution in [0.4, 0.5) is 11.4 Å². The monoisotopic (exact) mass is 577 g/mol. The molecule has 1 heterocycles. The second-order valence-electron chi connectivity index (χ2n) is 9.67. The van der Waals surface area contributed by atoms with Crippen molar-refractivity contribution in [2.45, 2.75) is 43.2 Å². The van der Waals surface area contributed by atoms with Crippen molar-refractivity contribution in [3.8, 4) is 0 Å². The van der Waals surface area contributed by atoms with Crippen LogP contribution in [0, 0.1) is 5.41 Å². The van der Waals surface area contributed by atoms with Crippen molar-refractivity contribution in [1.29, 1.82) is 5.41 Å². The lowest BCUT2D eigenvalue weighted by molar-refractivity contribution is -0.142. The molecule has 0 saturated carbocycles. The number of carbonyl (C=O) groups excluding carboxylic acids is 2. The van der Waals surface area contributed by atoms with Gasteiger partial charge in [0.15, 0.2) is 0 Å². The van der Waals surface area contributed by atoms with Gasteiger partial charge >= 0.3 is 5.97 Å². The van der Waals surface area contributed by atoms with Gasteiger partial charge < -0.3 is 21.1 Å². The molecule has 0 aliphatic carbocycles. The molecule has 12 heteroatoms. The van der Waals surface area contributed by atoms with Crippen LogP contribution in [-0.2, 0) is 26.0 Å². The molecule has 2 unspecified atom stereocenters. The van der Waals surface area contributed by atoms with Crippen LogP contribution in [0.2, 0.25) is 0 Å². The average molecular weight is 578 g/mol. The maximum absolute atomic E-state index is 13.1. The molecule has 214 valence electrons. The van der Waals surface area contributed by atoms with Gasteiger partial charge in [-0.05, 0) is 67.8 Å². The first-order chi connectivity index (χ1) is 19.5. The number of rotatable bonds is 10. The number of benzene rings is 3. The van der Waals surface area contributed by atoms with E-state index >= 15 is 0 Å². The second kappa shape index (κ2) is 12.7. The van der Waals surface area contributed by atoms with Gasteiger partial charge in [-0.25, -0.2) is 13.2 Å². The summed E-state index contributed by atoms with van der Waals surface area (Å²) in [6, 6.07) is 18.8. The standard InChI is InChI=1S/C29H31N5O6S/c1-19(30)31-23-8-5-7-21(18-23)27(35)32-22-14-12-20(13-15-22)17-25(29(37)38)33-28(36)26-11-6-16-34(26)41(39,40)24-9-3-2-4-10-24/h2-5,7-10,12-15,18,25-26H,6,11,16-17H2,1H3,(H2,30,31)(H,32,35)(H,33,36)(H,37,38). The zero-order valence-electron chi connectivity index (χ0n) is 22.3. The maximum Gasteiger partial charge on any atom is 0.326 e. The van der Waals surface area contributed by atoms with Crippen molar-refractivity contribution in [2.75, 3.05) is 17.2 Å².